The molecule has 4 aliphatic carbocycles. The van der Waals surface area contributed by atoms with E-state index in [9.17, 15) is 9.18 Å². The molecule has 1 amide bonds. The second kappa shape index (κ2) is 5.58. The second-order valence-corrected chi connectivity index (χ2v) is 8.28. The average Bonchev–Trinajstić information content (AvgIpc) is 2.53. The van der Waals surface area contributed by atoms with Crippen molar-refractivity contribution in [3.63, 3.8) is 0 Å². The molecule has 4 heteroatoms. The zero-order chi connectivity index (χ0) is 16.9. The third-order valence-corrected chi connectivity index (χ3v) is 6.69. The van der Waals surface area contributed by atoms with E-state index in [1.807, 2.05) is 6.07 Å². The van der Waals surface area contributed by atoms with Gasteiger partial charge in [-0.1, -0.05) is 0 Å². The van der Waals surface area contributed by atoms with Gasteiger partial charge in [0.15, 0.2) is 0 Å². The van der Waals surface area contributed by atoms with E-state index in [0.29, 0.717) is 0 Å². The predicted molar refractivity (Wildman–Crippen MR) is 88.6 cm³/mol. The largest absolute Gasteiger partial charge is 0.349 e. The Morgan fingerprint density at radius 3 is 2.33 bits per heavy atom. The van der Waals surface area contributed by atoms with Crippen molar-refractivity contribution >= 4 is 5.91 Å². The molecule has 0 aliphatic heterocycles. The van der Waals surface area contributed by atoms with E-state index in [1.54, 1.807) is 0 Å². The first-order chi connectivity index (χ1) is 11.5. The van der Waals surface area contributed by atoms with Gasteiger partial charge >= 0.3 is 0 Å². The van der Waals surface area contributed by atoms with Crippen LogP contribution >= 0.6 is 0 Å². The van der Waals surface area contributed by atoms with E-state index < -0.39 is 5.82 Å². The number of nitrogens with one attached hydrogen (secondary N) is 1. The minimum absolute atomic E-state index is 0.0329. The molecular formula is C20H23FN2O. The van der Waals surface area contributed by atoms with Gasteiger partial charge in [-0.15, -0.1) is 0 Å². The fourth-order valence-electron chi connectivity index (χ4n) is 5.90. The molecule has 1 N–H and O–H groups in total. The monoisotopic (exact) mass is 326 g/mol. The van der Waals surface area contributed by atoms with Gasteiger partial charge in [0.1, 0.15) is 5.82 Å². The lowest BCUT2D eigenvalue weighted by Crippen LogP contribution is -2.55. The fraction of sp³-hybridized carbons (Fsp3) is 0.600. The molecule has 1 aromatic rings. The second-order valence-electron chi connectivity index (χ2n) is 8.28. The van der Waals surface area contributed by atoms with Crippen LogP contribution in [-0.4, -0.2) is 11.9 Å². The predicted octanol–water partition coefficient (Wildman–Crippen LogP) is 4.03. The summed E-state index contributed by atoms with van der Waals surface area (Å²) in [5, 5.41) is 11.9. The highest BCUT2D eigenvalue weighted by molar-refractivity contribution is 5.94. The molecule has 0 unspecified atom stereocenters. The molecule has 4 saturated carbocycles. The first-order valence-corrected chi connectivity index (χ1v) is 8.99. The standard InChI is InChI=1S/C20H23FN2O/c1-12(20-8-14-4-15(9-20)6-16(5-14)10-20)23-19(24)17-3-2-13(11-22)7-18(17)21/h2-3,7,12,14-16H,4-6,8-10H2,1H3,(H,23,24)/t12-,14?,15?,16?,20?/m1/s1. The van der Waals surface area contributed by atoms with Crippen molar-refractivity contribution in [2.45, 2.75) is 51.5 Å². The summed E-state index contributed by atoms with van der Waals surface area (Å²) < 4.78 is 14.1. The minimum atomic E-state index is -0.621. The fourth-order valence-corrected chi connectivity index (χ4v) is 5.90. The van der Waals surface area contributed by atoms with Gasteiger partial charge < -0.3 is 5.32 Å². The Labute approximate surface area is 142 Å². The van der Waals surface area contributed by atoms with Crippen LogP contribution in [0.15, 0.2) is 18.2 Å². The van der Waals surface area contributed by atoms with Crippen LogP contribution in [0.25, 0.3) is 0 Å². The van der Waals surface area contributed by atoms with Gasteiger partial charge in [0.2, 0.25) is 0 Å². The van der Waals surface area contributed by atoms with Crippen molar-refractivity contribution < 1.29 is 9.18 Å². The van der Waals surface area contributed by atoms with Crippen LogP contribution in [0.1, 0.15) is 61.4 Å². The molecule has 4 bridgehead atoms. The van der Waals surface area contributed by atoms with Gasteiger partial charge in [-0.3, -0.25) is 4.79 Å². The number of hydrogen-bond acceptors (Lipinski definition) is 2. The zero-order valence-corrected chi connectivity index (χ0v) is 14.0. The molecule has 1 atom stereocenters. The van der Waals surface area contributed by atoms with Crippen molar-refractivity contribution in [1.29, 1.82) is 5.26 Å². The smallest absolute Gasteiger partial charge is 0.254 e. The summed E-state index contributed by atoms with van der Waals surface area (Å²) in [7, 11) is 0. The van der Waals surface area contributed by atoms with Crippen molar-refractivity contribution in [3.8, 4) is 6.07 Å². The summed E-state index contributed by atoms with van der Waals surface area (Å²) in [6.07, 6.45) is 7.71. The van der Waals surface area contributed by atoms with Crippen molar-refractivity contribution in [2.75, 3.05) is 0 Å². The number of carbonyl (C=O) groups is 1. The van der Waals surface area contributed by atoms with E-state index >= 15 is 0 Å². The first-order valence-electron chi connectivity index (χ1n) is 8.99. The maximum Gasteiger partial charge on any atom is 0.254 e. The highest BCUT2D eigenvalue weighted by Gasteiger charge is 2.53. The molecule has 24 heavy (non-hydrogen) atoms. The molecule has 5 rings (SSSR count). The normalized spacial score (nSPS) is 34.6. The highest BCUT2D eigenvalue weighted by atomic mass is 19.1. The van der Waals surface area contributed by atoms with Crippen LogP contribution in [-0.2, 0) is 0 Å². The van der Waals surface area contributed by atoms with Gasteiger partial charge in [0.05, 0.1) is 17.2 Å². The van der Waals surface area contributed by atoms with Gasteiger partial charge in [-0.05, 0) is 86.8 Å². The van der Waals surface area contributed by atoms with Crippen molar-refractivity contribution in [3.05, 3.63) is 35.1 Å². The van der Waals surface area contributed by atoms with Crippen molar-refractivity contribution in [2.24, 2.45) is 23.2 Å². The Kier molecular flexibility index (Phi) is 3.63. The summed E-state index contributed by atoms with van der Waals surface area (Å²) >= 11 is 0. The SMILES string of the molecule is C[C@@H](NC(=O)c1ccc(C#N)cc1F)C12CC3CC(CC(C3)C1)C2. The molecule has 0 spiro atoms. The summed E-state index contributed by atoms with van der Waals surface area (Å²) in [6, 6.07) is 5.99. The van der Waals surface area contributed by atoms with Crippen LogP contribution in [0.3, 0.4) is 0 Å². The molecule has 3 nitrogen and oxygen atoms in total. The zero-order valence-electron chi connectivity index (χ0n) is 14.0. The number of benzene rings is 1. The summed E-state index contributed by atoms with van der Waals surface area (Å²) in [6.45, 7) is 2.09. The number of halogens is 1. The third-order valence-electron chi connectivity index (χ3n) is 6.69. The Morgan fingerprint density at radius 1 is 1.25 bits per heavy atom. The maximum atomic E-state index is 14.1. The summed E-state index contributed by atoms with van der Waals surface area (Å²) in [5.41, 5.74) is 0.469. The molecular weight excluding hydrogens is 303 g/mol. The molecule has 1 aromatic carbocycles. The lowest BCUT2D eigenvalue weighted by Gasteiger charge is -2.59. The number of amides is 1. The molecule has 126 valence electrons. The topological polar surface area (TPSA) is 52.9 Å². The van der Waals surface area contributed by atoms with E-state index in [0.717, 1.165) is 23.8 Å². The molecule has 0 aromatic heterocycles. The van der Waals surface area contributed by atoms with Crippen LogP contribution in [0.4, 0.5) is 4.39 Å². The Bertz CT molecular complexity index is 686. The lowest BCUT2D eigenvalue weighted by molar-refractivity contribution is -0.0688. The van der Waals surface area contributed by atoms with E-state index in [4.69, 9.17) is 5.26 Å². The molecule has 0 heterocycles. The van der Waals surface area contributed by atoms with Crippen LogP contribution in [0, 0.1) is 40.3 Å². The van der Waals surface area contributed by atoms with Gasteiger partial charge in [0.25, 0.3) is 5.91 Å². The molecule has 4 aliphatic rings. The number of hydrogen-bond donors (Lipinski definition) is 1. The van der Waals surface area contributed by atoms with Gasteiger partial charge in [-0.25, -0.2) is 4.39 Å². The molecule has 0 radical (unpaired) electrons. The maximum absolute atomic E-state index is 14.1. The molecule has 4 fully saturated rings. The number of carbonyl (C=O) groups excluding carboxylic acids is 1. The highest BCUT2D eigenvalue weighted by Crippen LogP contribution is 2.61. The van der Waals surface area contributed by atoms with Crippen molar-refractivity contribution in [1.82, 2.24) is 5.32 Å². The Balaban J connectivity index is 1.51. The van der Waals surface area contributed by atoms with E-state index in [-0.39, 0.29) is 28.5 Å². The number of nitrogens with zero attached hydrogens (tertiary/aromatic N) is 1. The third kappa shape index (κ3) is 2.51. The minimum Gasteiger partial charge on any atom is -0.349 e. The van der Waals surface area contributed by atoms with Gasteiger partial charge in [0, 0.05) is 6.04 Å². The van der Waals surface area contributed by atoms with Crippen LogP contribution < -0.4 is 5.32 Å². The van der Waals surface area contributed by atoms with Gasteiger partial charge in [-0.2, -0.15) is 5.26 Å². The first kappa shape index (κ1) is 15.6. The Hall–Kier alpha value is -1.89. The van der Waals surface area contributed by atoms with Crippen LogP contribution in [0.2, 0.25) is 0 Å². The van der Waals surface area contributed by atoms with E-state index in [1.165, 1.54) is 50.7 Å². The van der Waals surface area contributed by atoms with E-state index in [2.05, 4.69) is 12.2 Å². The van der Waals surface area contributed by atoms with Crippen LogP contribution in [0.5, 0.6) is 0 Å². The average molecular weight is 326 g/mol. The quantitative estimate of drug-likeness (QED) is 0.911. The Morgan fingerprint density at radius 2 is 1.83 bits per heavy atom. The number of rotatable bonds is 3. The summed E-state index contributed by atoms with van der Waals surface area (Å²) in [5.74, 6) is 1.48. The number of nitriles is 1. The molecule has 0 saturated heterocycles. The lowest BCUT2D eigenvalue weighted by atomic mass is 9.48. The summed E-state index contributed by atoms with van der Waals surface area (Å²) in [4.78, 5) is 12.5.